The summed E-state index contributed by atoms with van der Waals surface area (Å²) in [5, 5.41) is 12.7. The van der Waals surface area contributed by atoms with Gasteiger partial charge in [0.15, 0.2) is 5.16 Å². The van der Waals surface area contributed by atoms with Crippen LogP contribution in [0.4, 0.5) is 5.95 Å². The van der Waals surface area contributed by atoms with Gasteiger partial charge in [-0.1, -0.05) is 32.5 Å². The van der Waals surface area contributed by atoms with Gasteiger partial charge in [0.2, 0.25) is 11.9 Å². The number of anilines is 1. The molecular formula is C17H29N5OS. The number of nitrogens with one attached hydrogen (secondary N) is 1. The van der Waals surface area contributed by atoms with Crippen LogP contribution in [-0.2, 0) is 4.79 Å². The fourth-order valence-corrected chi connectivity index (χ4v) is 3.77. The second-order valence-electron chi connectivity index (χ2n) is 7.54. The van der Waals surface area contributed by atoms with Crippen molar-refractivity contribution in [3.63, 3.8) is 0 Å². The van der Waals surface area contributed by atoms with Crippen LogP contribution in [-0.4, -0.2) is 46.1 Å². The molecule has 1 amide bonds. The lowest BCUT2D eigenvalue weighted by Gasteiger charge is -2.31. The number of carbonyl (C=O) groups is 1. The van der Waals surface area contributed by atoms with E-state index in [1.54, 1.807) is 0 Å². The van der Waals surface area contributed by atoms with Crippen LogP contribution in [0.3, 0.4) is 0 Å². The van der Waals surface area contributed by atoms with E-state index < -0.39 is 0 Å². The highest BCUT2D eigenvalue weighted by molar-refractivity contribution is 7.99. The molecule has 1 aliphatic carbocycles. The van der Waals surface area contributed by atoms with Crippen LogP contribution in [0.5, 0.6) is 0 Å². The van der Waals surface area contributed by atoms with E-state index in [4.69, 9.17) is 0 Å². The normalized spacial score (nSPS) is 19.1. The Labute approximate surface area is 148 Å². The van der Waals surface area contributed by atoms with E-state index in [2.05, 4.69) is 45.8 Å². The lowest BCUT2D eigenvalue weighted by Crippen LogP contribution is -2.34. The predicted octanol–water partition coefficient (Wildman–Crippen LogP) is 2.71. The van der Waals surface area contributed by atoms with Gasteiger partial charge in [0, 0.05) is 25.7 Å². The van der Waals surface area contributed by atoms with Crippen molar-refractivity contribution < 1.29 is 4.79 Å². The van der Waals surface area contributed by atoms with Gasteiger partial charge in [-0.25, -0.2) is 0 Å². The number of rotatable bonds is 7. The lowest BCUT2D eigenvalue weighted by molar-refractivity contribution is -0.118. The Morgan fingerprint density at radius 1 is 1.25 bits per heavy atom. The Kier molecular flexibility index (Phi) is 5.69. The largest absolute Gasteiger partial charge is 0.355 e. The van der Waals surface area contributed by atoms with Crippen LogP contribution in [0, 0.1) is 11.8 Å². The summed E-state index contributed by atoms with van der Waals surface area (Å²) in [6, 6.07) is 0.524. The number of aromatic nitrogens is 3. The quantitative estimate of drug-likeness (QED) is 0.765. The molecule has 134 valence electrons. The molecule has 1 saturated heterocycles. The average Bonchev–Trinajstić information content (AvgIpc) is 3.31. The average molecular weight is 352 g/mol. The molecule has 1 aromatic heterocycles. The van der Waals surface area contributed by atoms with E-state index in [9.17, 15) is 4.79 Å². The van der Waals surface area contributed by atoms with Crippen molar-refractivity contribution >= 4 is 23.6 Å². The minimum absolute atomic E-state index is 0.0763. The van der Waals surface area contributed by atoms with Gasteiger partial charge in [0.25, 0.3) is 0 Å². The van der Waals surface area contributed by atoms with Gasteiger partial charge >= 0.3 is 0 Å². The highest BCUT2D eigenvalue weighted by Crippen LogP contribution is 2.41. The second-order valence-corrected chi connectivity index (χ2v) is 8.48. The van der Waals surface area contributed by atoms with Crippen LogP contribution in [0.25, 0.3) is 0 Å². The fraction of sp³-hybridized carbons (Fsp3) is 0.824. The summed E-state index contributed by atoms with van der Waals surface area (Å²) >= 11 is 1.51. The molecule has 3 rings (SSSR count). The summed E-state index contributed by atoms with van der Waals surface area (Å²) in [6.07, 6.45) is 4.83. The zero-order valence-electron chi connectivity index (χ0n) is 15.0. The smallest absolute Gasteiger partial charge is 0.230 e. The van der Waals surface area contributed by atoms with Gasteiger partial charge in [-0.3, -0.25) is 9.36 Å². The van der Waals surface area contributed by atoms with Gasteiger partial charge in [0.1, 0.15) is 0 Å². The first kappa shape index (κ1) is 17.6. The summed E-state index contributed by atoms with van der Waals surface area (Å²) in [7, 11) is 0. The van der Waals surface area contributed by atoms with Crippen molar-refractivity contribution in [1.29, 1.82) is 0 Å². The second kappa shape index (κ2) is 7.76. The molecule has 2 fully saturated rings. The maximum Gasteiger partial charge on any atom is 0.230 e. The molecule has 6 nitrogen and oxygen atoms in total. The first-order chi connectivity index (χ1) is 11.5. The minimum atomic E-state index is 0.0763. The number of piperidine rings is 1. The molecule has 1 saturated carbocycles. The summed E-state index contributed by atoms with van der Waals surface area (Å²) in [4.78, 5) is 14.3. The molecule has 24 heavy (non-hydrogen) atoms. The molecule has 1 aliphatic heterocycles. The van der Waals surface area contributed by atoms with E-state index >= 15 is 0 Å². The van der Waals surface area contributed by atoms with Crippen LogP contribution in [0.15, 0.2) is 5.16 Å². The summed E-state index contributed by atoms with van der Waals surface area (Å²) in [6.45, 7) is 9.37. The third-order valence-electron chi connectivity index (χ3n) is 4.66. The van der Waals surface area contributed by atoms with Gasteiger partial charge in [0.05, 0.1) is 5.75 Å². The molecule has 1 aromatic rings. The van der Waals surface area contributed by atoms with Crippen molar-refractivity contribution in [3.05, 3.63) is 0 Å². The Hall–Kier alpha value is -1.24. The first-order valence-corrected chi connectivity index (χ1v) is 10.1. The molecule has 1 N–H and O–H groups in total. The highest BCUT2D eigenvalue weighted by Gasteiger charge is 2.32. The molecule has 2 heterocycles. The third kappa shape index (κ3) is 4.43. The molecule has 0 radical (unpaired) electrons. The Morgan fingerprint density at radius 2 is 1.96 bits per heavy atom. The summed E-state index contributed by atoms with van der Waals surface area (Å²) in [5.74, 6) is 2.77. The molecule has 0 bridgehead atoms. The predicted molar refractivity (Wildman–Crippen MR) is 97.5 cm³/mol. The van der Waals surface area contributed by atoms with Gasteiger partial charge in [-0.05, 0) is 37.5 Å². The fourth-order valence-electron chi connectivity index (χ4n) is 2.94. The molecule has 2 aliphatic rings. The maximum absolute atomic E-state index is 12.0. The van der Waals surface area contributed by atoms with Gasteiger partial charge in [-0.2, -0.15) is 0 Å². The zero-order valence-corrected chi connectivity index (χ0v) is 15.8. The number of nitrogens with zero attached hydrogens (tertiary/aromatic N) is 4. The maximum atomic E-state index is 12.0. The van der Waals surface area contributed by atoms with E-state index in [1.807, 2.05) is 0 Å². The third-order valence-corrected chi connectivity index (χ3v) is 5.61. The zero-order chi connectivity index (χ0) is 17.1. The minimum Gasteiger partial charge on any atom is -0.355 e. The number of hydrogen-bond acceptors (Lipinski definition) is 5. The van der Waals surface area contributed by atoms with Crippen LogP contribution < -0.4 is 10.2 Å². The standard InChI is InChI=1S/C17H29N5OS/c1-12(2)10-18-15(23)11-24-17-20-19-16(22(17)14-4-5-14)21-8-6-13(3)7-9-21/h12-14H,4-11H2,1-3H3,(H,18,23). The van der Waals surface area contributed by atoms with Crippen LogP contribution in [0.1, 0.15) is 52.5 Å². The Morgan fingerprint density at radius 3 is 2.58 bits per heavy atom. The number of carbonyl (C=O) groups excluding carboxylic acids is 1. The Balaban J connectivity index is 1.63. The molecule has 7 heteroatoms. The summed E-state index contributed by atoms with van der Waals surface area (Å²) < 4.78 is 2.27. The first-order valence-electron chi connectivity index (χ1n) is 9.14. The van der Waals surface area contributed by atoms with E-state index in [-0.39, 0.29) is 5.91 Å². The molecule has 0 spiro atoms. The van der Waals surface area contributed by atoms with E-state index in [1.165, 1.54) is 37.4 Å². The van der Waals surface area contributed by atoms with Crippen molar-refractivity contribution in [3.8, 4) is 0 Å². The SMILES string of the molecule is CC(C)CNC(=O)CSc1nnc(N2CCC(C)CC2)n1C1CC1. The molecular weight excluding hydrogens is 322 g/mol. The topological polar surface area (TPSA) is 63.1 Å². The summed E-state index contributed by atoms with van der Waals surface area (Å²) in [5.41, 5.74) is 0. The highest BCUT2D eigenvalue weighted by atomic mass is 32.2. The van der Waals surface area contributed by atoms with Crippen molar-refractivity contribution in [1.82, 2.24) is 20.1 Å². The lowest BCUT2D eigenvalue weighted by atomic mass is 10.00. The molecule has 0 atom stereocenters. The van der Waals surface area contributed by atoms with E-state index in [0.717, 1.165) is 36.7 Å². The molecule has 0 unspecified atom stereocenters. The van der Waals surface area contributed by atoms with Gasteiger partial charge in [-0.15, -0.1) is 10.2 Å². The van der Waals surface area contributed by atoms with Crippen molar-refractivity contribution in [2.24, 2.45) is 11.8 Å². The molecule has 0 aromatic carbocycles. The number of amides is 1. The van der Waals surface area contributed by atoms with E-state index in [0.29, 0.717) is 17.7 Å². The number of thioether (sulfide) groups is 1. The number of hydrogen-bond donors (Lipinski definition) is 1. The van der Waals surface area contributed by atoms with Crippen molar-refractivity contribution in [2.75, 3.05) is 30.3 Å². The van der Waals surface area contributed by atoms with Crippen LogP contribution >= 0.6 is 11.8 Å². The van der Waals surface area contributed by atoms with Crippen molar-refractivity contribution in [2.45, 2.75) is 57.7 Å². The van der Waals surface area contributed by atoms with Crippen LogP contribution in [0.2, 0.25) is 0 Å². The van der Waals surface area contributed by atoms with Gasteiger partial charge < -0.3 is 10.2 Å². The Bertz CT molecular complexity index is 561. The monoisotopic (exact) mass is 351 g/mol.